The molecule has 0 spiro atoms. The molecular formula is C19H23NO. The van der Waals surface area contributed by atoms with Gasteiger partial charge in [-0.1, -0.05) is 56.3 Å². The molecule has 110 valence electrons. The Labute approximate surface area is 127 Å². The molecule has 0 unspecified atom stereocenters. The van der Waals surface area contributed by atoms with Gasteiger partial charge in [0.1, 0.15) is 12.4 Å². The van der Waals surface area contributed by atoms with Gasteiger partial charge in [0.2, 0.25) is 0 Å². The second kappa shape index (κ2) is 8.15. The standard InChI is InChI=1S/C19H23NO/c1-3-7-16-10-12-18(13-11-16)20-15-17-8-5-6-9-19(17)21-14-4-2/h4-6,8-13,20H,2-3,7,14-15H2,1H3. The van der Waals surface area contributed by atoms with Crippen LogP contribution < -0.4 is 10.1 Å². The molecule has 2 nitrogen and oxygen atoms in total. The summed E-state index contributed by atoms with van der Waals surface area (Å²) in [4.78, 5) is 0. The lowest BCUT2D eigenvalue weighted by molar-refractivity contribution is 0.359. The fourth-order valence-electron chi connectivity index (χ4n) is 2.21. The molecule has 0 atom stereocenters. The monoisotopic (exact) mass is 281 g/mol. The third-order valence-corrected chi connectivity index (χ3v) is 3.30. The predicted molar refractivity (Wildman–Crippen MR) is 89.9 cm³/mol. The predicted octanol–water partition coefficient (Wildman–Crippen LogP) is 4.82. The molecule has 2 heteroatoms. The van der Waals surface area contributed by atoms with E-state index in [2.05, 4.69) is 49.2 Å². The maximum Gasteiger partial charge on any atom is 0.124 e. The summed E-state index contributed by atoms with van der Waals surface area (Å²) in [5.41, 5.74) is 3.67. The third kappa shape index (κ3) is 4.67. The Morgan fingerprint density at radius 3 is 2.57 bits per heavy atom. The van der Waals surface area contributed by atoms with Crippen molar-refractivity contribution in [3.05, 3.63) is 72.3 Å². The van der Waals surface area contributed by atoms with E-state index in [1.807, 2.05) is 18.2 Å². The summed E-state index contributed by atoms with van der Waals surface area (Å²) < 4.78 is 5.67. The Morgan fingerprint density at radius 2 is 1.86 bits per heavy atom. The van der Waals surface area contributed by atoms with Gasteiger partial charge < -0.3 is 10.1 Å². The Hall–Kier alpha value is -2.22. The Kier molecular flexibility index (Phi) is 5.89. The molecule has 0 amide bonds. The number of para-hydroxylation sites is 1. The molecule has 0 aliphatic heterocycles. The molecule has 2 rings (SSSR count). The Bertz CT molecular complexity index is 560. The van der Waals surface area contributed by atoms with Crippen LogP contribution in [0.1, 0.15) is 24.5 Å². The van der Waals surface area contributed by atoms with Gasteiger partial charge in [0, 0.05) is 17.8 Å². The van der Waals surface area contributed by atoms with Gasteiger partial charge in [-0.15, -0.1) is 0 Å². The number of ether oxygens (including phenoxy) is 1. The summed E-state index contributed by atoms with van der Waals surface area (Å²) in [5, 5.41) is 3.44. The van der Waals surface area contributed by atoms with Crippen molar-refractivity contribution in [2.24, 2.45) is 0 Å². The molecule has 21 heavy (non-hydrogen) atoms. The number of hydrogen-bond acceptors (Lipinski definition) is 2. The molecule has 2 aromatic rings. The summed E-state index contributed by atoms with van der Waals surface area (Å²) in [6.07, 6.45) is 4.08. The van der Waals surface area contributed by atoms with Crippen molar-refractivity contribution in [2.45, 2.75) is 26.3 Å². The van der Waals surface area contributed by atoms with Crippen molar-refractivity contribution in [1.82, 2.24) is 0 Å². The first-order valence-electron chi connectivity index (χ1n) is 7.48. The van der Waals surface area contributed by atoms with Crippen LogP contribution in [0.2, 0.25) is 0 Å². The molecule has 2 aromatic carbocycles. The van der Waals surface area contributed by atoms with Crippen molar-refractivity contribution >= 4 is 5.69 Å². The molecule has 0 aliphatic rings. The molecule has 1 N–H and O–H groups in total. The quantitative estimate of drug-likeness (QED) is 0.701. The van der Waals surface area contributed by atoms with Gasteiger partial charge in [-0.25, -0.2) is 0 Å². The maximum absolute atomic E-state index is 5.67. The Morgan fingerprint density at radius 1 is 1.10 bits per heavy atom. The van der Waals surface area contributed by atoms with E-state index in [0.717, 1.165) is 30.0 Å². The van der Waals surface area contributed by atoms with E-state index < -0.39 is 0 Å². The fraction of sp³-hybridized carbons (Fsp3) is 0.263. The van der Waals surface area contributed by atoms with Crippen LogP contribution in [0.25, 0.3) is 0 Å². The summed E-state index contributed by atoms with van der Waals surface area (Å²) in [6, 6.07) is 16.7. The Balaban J connectivity index is 1.97. The van der Waals surface area contributed by atoms with Gasteiger partial charge in [-0.2, -0.15) is 0 Å². The van der Waals surface area contributed by atoms with Crippen LogP contribution in [-0.4, -0.2) is 6.61 Å². The lowest BCUT2D eigenvalue weighted by atomic mass is 10.1. The van der Waals surface area contributed by atoms with Gasteiger partial charge in [0.25, 0.3) is 0 Å². The van der Waals surface area contributed by atoms with Crippen LogP contribution in [0.4, 0.5) is 5.69 Å². The van der Waals surface area contributed by atoms with Crippen LogP contribution in [0.5, 0.6) is 5.75 Å². The SMILES string of the molecule is C=CCOc1ccccc1CNc1ccc(CCC)cc1. The van der Waals surface area contributed by atoms with Gasteiger partial charge in [0.05, 0.1) is 0 Å². The molecule has 0 saturated heterocycles. The molecule has 0 aliphatic carbocycles. The van der Waals surface area contributed by atoms with Gasteiger partial charge in [-0.05, 0) is 30.2 Å². The summed E-state index contributed by atoms with van der Waals surface area (Å²) in [6.45, 7) is 7.16. The van der Waals surface area contributed by atoms with E-state index >= 15 is 0 Å². The second-order valence-electron chi connectivity index (χ2n) is 5.01. The highest BCUT2D eigenvalue weighted by molar-refractivity contribution is 5.46. The van der Waals surface area contributed by atoms with E-state index in [9.17, 15) is 0 Å². The normalized spacial score (nSPS) is 10.1. The zero-order chi connectivity index (χ0) is 14.9. The van der Waals surface area contributed by atoms with Gasteiger partial charge >= 0.3 is 0 Å². The second-order valence-corrected chi connectivity index (χ2v) is 5.01. The highest BCUT2D eigenvalue weighted by atomic mass is 16.5. The minimum absolute atomic E-state index is 0.530. The molecule has 0 aromatic heterocycles. The summed E-state index contributed by atoms with van der Waals surface area (Å²) >= 11 is 0. The molecule has 0 radical (unpaired) electrons. The first-order chi connectivity index (χ1) is 10.3. The van der Waals surface area contributed by atoms with Crippen molar-refractivity contribution in [1.29, 1.82) is 0 Å². The van der Waals surface area contributed by atoms with E-state index in [1.54, 1.807) is 6.08 Å². The van der Waals surface area contributed by atoms with Crippen molar-refractivity contribution in [3.8, 4) is 5.75 Å². The number of anilines is 1. The average molecular weight is 281 g/mol. The van der Waals surface area contributed by atoms with E-state index in [0.29, 0.717) is 6.61 Å². The first kappa shape index (κ1) is 15.2. The third-order valence-electron chi connectivity index (χ3n) is 3.30. The first-order valence-corrected chi connectivity index (χ1v) is 7.48. The number of hydrogen-bond donors (Lipinski definition) is 1. The topological polar surface area (TPSA) is 21.3 Å². The van der Waals surface area contributed by atoms with Crippen LogP contribution in [0.15, 0.2) is 61.2 Å². The van der Waals surface area contributed by atoms with Crippen LogP contribution in [-0.2, 0) is 13.0 Å². The molecule has 0 bridgehead atoms. The van der Waals surface area contributed by atoms with Crippen molar-refractivity contribution < 1.29 is 4.74 Å². The van der Waals surface area contributed by atoms with E-state index in [1.165, 1.54) is 12.0 Å². The number of nitrogens with one attached hydrogen (secondary N) is 1. The molecule has 0 fully saturated rings. The maximum atomic E-state index is 5.67. The fourth-order valence-corrected chi connectivity index (χ4v) is 2.21. The zero-order valence-electron chi connectivity index (χ0n) is 12.6. The van der Waals surface area contributed by atoms with Crippen LogP contribution in [0, 0.1) is 0 Å². The van der Waals surface area contributed by atoms with Crippen LogP contribution >= 0.6 is 0 Å². The summed E-state index contributed by atoms with van der Waals surface area (Å²) in [7, 11) is 0. The van der Waals surface area contributed by atoms with E-state index in [4.69, 9.17) is 4.74 Å². The minimum atomic E-state index is 0.530. The van der Waals surface area contributed by atoms with Gasteiger partial charge in [0.15, 0.2) is 0 Å². The number of rotatable bonds is 8. The lowest BCUT2D eigenvalue weighted by Gasteiger charge is -2.12. The van der Waals surface area contributed by atoms with Crippen LogP contribution in [0.3, 0.4) is 0 Å². The molecular weight excluding hydrogens is 258 g/mol. The number of benzene rings is 2. The van der Waals surface area contributed by atoms with Crippen molar-refractivity contribution in [3.63, 3.8) is 0 Å². The highest BCUT2D eigenvalue weighted by Crippen LogP contribution is 2.20. The zero-order valence-corrected chi connectivity index (χ0v) is 12.6. The summed E-state index contributed by atoms with van der Waals surface area (Å²) in [5.74, 6) is 0.910. The lowest BCUT2D eigenvalue weighted by Crippen LogP contribution is -2.03. The minimum Gasteiger partial charge on any atom is -0.489 e. The van der Waals surface area contributed by atoms with Crippen molar-refractivity contribution in [2.75, 3.05) is 11.9 Å². The average Bonchev–Trinajstić information content (AvgIpc) is 2.53. The molecule has 0 heterocycles. The number of aryl methyl sites for hydroxylation is 1. The smallest absolute Gasteiger partial charge is 0.124 e. The van der Waals surface area contributed by atoms with E-state index in [-0.39, 0.29) is 0 Å². The van der Waals surface area contributed by atoms with Gasteiger partial charge in [-0.3, -0.25) is 0 Å². The molecule has 0 saturated carbocycles. The largest absolute Gasteiger partial charge is 0.489 e. The highest BCUT2D eigenvalue weighted by Gasteiger charge is 2.02.